The first-order chi connectivity index (χ1) is 6.45. The minimum absolute atomic E-state index is 0.0843. The first-order valence-corrected chi connectivity index (χ1v) is 3.99. The van der Waals surface area contributed by atoms with Crippen molar-refractivity contribution < 1.29 is 18.7 Å². The molecule has 0 aliphatic rings. The van der Waals surface area contributed by atoms with Crippen molar-refractivity contribution >= 4 is 16.8 Å². The van der Waals surface area contributed by atoms with Crippen molar-refractivity contribution in [3.05, 3.63) is 23.0 Å². The van der Waals surface area contributed by atoms with Gasteiger partial charge in [0.1, 0.15) is 11.4 Å². The van der Waals surface area contributed by atoms with Gasteiger partial charge in [0, 0.05) is 5.56 Å². The molecule has 1 heterocycles. The normalized spacial score (nSPS) is 10.6. The quantitative estimate of drug-likeness (QED) is 0.781. The summed E-state index contributed by atoms with van der Waals surface area (Å²) in [6.07, 6.45) is -1.98. The molecule has 0 unspecified atom stereocenters. The molecule has 0 radical (unpaired) electrons. The zero-order chi connectivity index (χ0) is 10.9. The Bertz CT molecular complexity index is 382. The fraction of sp³-hybridized carbons (Fsp3) is 0.250. The number of carbonyl (C=O) groups excluding carboxylic acids is 1. The second-order valence-corrected chi connectivity index (χ2v) is 2.95. The Morgan fingerprint density at radius 2 is 2.21 bits per heavy atom. The van der Waals surface area contributed by atoms with Gasteiger partial charge in [-0.15, -0.1) is 0 Å². The van der Waals surface area contributed by atoms with Crippen LogP contribution in [0.1, 0.15) is 28.0 Å². The highest BCUT2D eigenvalue weighted by atomic mass is 35.5. The summed E-state index contributed by atoms with van der Waals surface area (Å²) in [4.78, 5) is 14.1. The van der Waals surface area contributed by atoms with E-state index in [1.165, 1.54) is 6.92 Å². The number of nitrogens with zero attached hydrogens (tertiary/aromatic N) is 1. The maximum absolute atomic E-state index is 12.5. The monoisotopic (exact) mass is 221 g/mol. The van der Waals surface area contributed by atoms with Gasteiger partial charge < -0.3 is 5.11 Å². The molecule has 0 amide bonds. The van der Waals surface area contributed by atoms with Crippen molar-refractivity contribution in [3.8, 4) is 5.75 Å². The Morgan fingerprint density at radius 3 is 2.64 bits per heavy atom. The summed E-state index contributed by atoms with van der Waals surface area (Å²) in [5, 5.41) is 8.04. The molecule has 6 heteroatoms. The molecule has 14 heavy (non-hydrogen) atoms. The fourth-order valence-corrected chi connectivity index (χ4v) is 1.18. The fourth-order valence-electron chi connectivity index (χ4n) is 1.03. The van der Waals surface area contributed by atoms with Crippen LogP contribution in [-0.2, 0) is 0 Å². The summed E-state index contributed by atoms with van der Waals surface area (Å²) >= 11 is 5.06. The summed E-state index contributed by atoms with van der Waals surface area (Å²) in [6, 6.07) is 0. The number of aromatic nitrogens is 1. The number of hydrogen-bond donors (Lipinski definition) is 1. The lowest BCUT2D eigenvalue weighted by molar-refractivity contribution is 0.106. The third kappa shape index (κ3) is 1.82. The molecule has 1 aromatic heterocycles. The highest BCUT2D eigenvalue weighted by molar-refractivity contribution is 6.67. The Labute approximate surface area is 83.3 Å². The van der Waals surface area contributed by atoms with Crippen LogP contribution in [0, 0.1) is 6.92 Å². The van der Waals surface area contributed by atoms with Gasteiger partial charge >= 0.3 is 0 Å². The van der Waals surface area contributed by atoms with Crippen LogP contribution < -0.4 is 0 Å². The number of halogens is 3. The van der Waals surface area contributed by atoms with Crippen molar-refractivity contribution in [3.63, 3.8) is 0 Å². The zero-order valence-electron chi connectivity index (χ0n) is 7.09. The molecule has 0 aromatic carbocycles. The smallest absolute Gasteiger partial charge is 0.271 e. The van der Waals surface area contributed by atoms with Gasteiger partial charge in [0.15, 0.2) is 0 Å². The van der Waals surface area contributed by atoms with E-state index in [4.69, 9.17) is 16.7 Å². The van der Waals surface area contributed by atoms with Gasteiger partial charge in [-0.05, 0) is 18.5 Å². The lowest BCUT2D eigenvalue weighted by Crippen LogP contribution is -2.04. The van der Waals surface area contributed by atoms with Gasteiger partial charge in [0.25, 0.3) is 11.7 Å². The molecule has 0 spiro atoms. The molecular weight excluding hydrogens is 216 g/mol. The molecule has 0 fully saturated rings. The molecule has 1 N–H and O–H groups in total. The molecule has 0 saturated carbocycles. The van der Waals surface area contributed by atoms with E-state index in [2.05, 4.69) is 4.98 Å². The number of hydrogen-bond acceptors (Lipinski definition) is 3. The van der Waals surface area contributed by atoms with E-state index in [-0.39, 0.29) is 11.3 Å². The topological polar surface area (TPSA) is 50.2 Å². The van der Waals surface area contributed by atoms with E-state index in [9.17, 15) is 13.6 Å². The number of pyridine rings is 1. The van der Waals surface area contributed by atoms with Crippen molar-refractivity contribution in [1.29, 1.82) is 0 Å². The van der Waals surface area contributed by atoms with Crippen LogP contribution in [0.3, 0.4) is 0 Å². The van der Waals surface area contributed by atoms with E-state index in [1.54, 1.807) is 0 Å². The van der Waals surface area contributed by atoms with E-state index in [0.29, 0.717) is 0 Å². The van der Waals surface area contributed by atoms with Crippen LogP contribution in [0.25, 0.3) is 0 Å². The van der Waals surface area contributed by atoms with Crippen molar-refractivity contribution in [2.45, 2.75) is 13.3 Å². The van der Waals surface area contributed by atoms with Crippen LogP contribution in [0.15, 0.2) is 6.20 Å². The Hall–Kier alpha value is -1.23. The molecule has 0 bridgehead atoms. The number of alkyl halides is 2. The van der Waals surface area contributed by atoms with Gasteiger partial charge in [-0.1, -0.05) is 0 Å². The number of aromatic hydroxyl groups is 1. The average molecular weight is 222 g/mol. The zero-order valence-corrected chi connectivity index (χ0v) is 7.85. The van der Waals surface area contributed by atoms with E-state index in [1.807, 2.05) is 0 Å². The third-order valence-electron chi connectivity index (χ3n) is 1.76. The molecule has 76 valence electrons. The summed E-state index contributed by atoms with van der Waals surface area (Å²) < 4.78 is 24.9. The van der Waals surface area contributed by atoms with Crippen LogP contribution in [0.4, 0.5) is 8.78 Å². The molecule has 0 atom stereocenters. The second-order valence-electron chi connectivity index (χ2n) is 2.61. The highest BCUT2D eigenvalue weighted by Crippen LogP contribution is 2.30. The third-order valence-corrected chi connectivity index (χ3v) is 1.94. The molecule has 3 nitrogen and oxygen atoms in total. The van der Waals surface area contributed by atoms with Crippen LogP contribution in [-0.4, -0.2) is 15.3 Å². The predicted octanol–water partition coefficient (Wildman–Crippen LogP) is 2.41. The maximum Gasteiger partial charge on any atom is 0.271 e. The number of rotatable bonds is 2. The Morgan fingerprint density at radius 1 is 1.64 bits per heavy atom. The van der Waals surface area contributed by atoms with Crippen LogP contribution in [0.5, 0.6) is 5.75 Å². The number of carbonyl (C=O) groups is 1. The first kappa shape index (κ1) is 10.8. The maximum atomic E-state index is 12.5. The molecule has 1 aromatic rings. The Balaban J connectivity index is 3.45. The van der Waals surface area contributed by atoms with Crippen molar-refractivity contribution in [2.24, 2.45) is 0 Å². The van der Waals surface area contributed by atoms with Crippen LogP contribution in [0.2, 0.25) is 0 Å². The van der Waals surface area contributed by atoms with E-state index >= 15 is 0 Å². The largest absolute Gasteiger partial charge is 0.506 e. The van der Waals surface area contributed by atoms with E-state index < -0.39 is 22.9 Å². The minimum atomic E-state index is -2.90. The lowest BCUT2D eigenvalue weighted by Gasteiger charge is -2.08. The molecule has 1 rings (SSSR count). The van der Waals surface area contributed by atoms with Gasteiger partial charge in [-0.25, -0.2) is 13.8 Å². The summed E-state index contributed by atoms with van der Waals surface area (Å²) in [5.41, 5.74) is -1.22. The van der Waals surface area contributed by atoms with Crippen molar-refractivity contribution in [2.75, 3.05) is 0 Å². The van der Waals surface area contributed by atoms with E-state index in [0.717, 1.165) is 6.20 Å². The van der Waals surface area contributed by atoms with Gasteiger partial charge in [-0.3, -0.25) is 4.79 Å². The summed E-state index contributed by atoms with van der Waals surface area (Å²) in [7, 11) is 0. The summed E-state index contributed by atoms with van der Waals surface area (Å²) in [6.45, 7) is 1.27. The lowest BCUT2D eigenvalue weighted by atomic mass is 10.1. The first-order valence-electron chi connectivity index (χ1n) is 3.61. The summed E-state index contributed by atoms with van der Waals surface area (Å²) in [5.74, 6) is -0.387. The standard InChI is InChI=1S/C8H6ClF2NO2/c1-3-4(13)2-12-6(7(9)14)5(3)8(10)11/h2,8,13H,1H3. The van der Waals surface area contributed by atoms with Crippen molar-refractivity contribution in [1.82, 2.24) is 4.98 Å². The highest BCUT2D eigenvalue weighted by Gasteiger charge is 2.22. The average Bonchev–Trinajstić information content (AvgIpc) is 2.08. The van der Waals surface area contributed by atoms with Gasteiger partial charge in [0.05, 0.1) is 11.8 Å². The molecule has 0 aliphatic carbocycles. The molecule has 0 aliphatic heterocycles. The minimum Gasteiger partial charge on any atom is -0.506 e. The Kier molecular flexibility index (Phi) is 3.00. The molecular formula is C8H6ClF2NO2. The molecule has 0 saturated heterocycles. The van der Waals surface area contributed by atoms with Crippen LogP contribution >= 0.6 is 11.6 Å². The van der Waals surface area contributed by atoms with Gasteiger partial charge in [-0.2, -0.15) is 0 Å². The SMILES string of the molecule is Cc1c(O)cnc(C(=O)Cl)c1C(F)F. The van der Waals surface area contributed by atoms with Gasteiger partial charge in [0.2, 0.25) is 0 Å². The second kappa shape index (κ2) is 3.88. The predicted molar refractivity (Wildman–Crippen MR) is 45.8 cm³/mol.